The summed E-state index contributed by atoms with van der Waals surface area (Å²) in [5.74, 6) is -0.478. The standard InChI is InChI=1S/C26H24N6O3S/c1-3-35-25(34)22-16(2)28-26-32(23(22)17-9-5-4-6-10-17)24(33)21(36-26)13-18-11-7-8-12-20(18)31-15-19(14-27)29-30-31/h4-13,15,23H,3,14,27H2,1-2H3/b21-13-. The first-order valence-electron chi connectivity index (χ1n) is 11.5. The minimum atomic E-state index is -0.638. The number of hydrogen-bond acceptors (Lipinski definition) is 8. The highest BCUT2D eigenvalue weighted by atomic mass is 32.1. The van der Waals surface area contributed by atoms with Gasteiger partial charge in [-0.15, -0.1) is 5.10 Å². The molecule has 10 heteroatoms. The predicted molar refractivity (Wildman–Crippen MR) is 136 cm³/mol. The molecule has 0 aliphatic carbocycles. The topological polar surface area (TPSA) is 117 Å². The molecule has 0 spiro atoms. The van der Waals surface area contributed by atoms with Gasteiger partial charge in [0.1, 0.15) is 0 Å². The summed E-state index contributed by atoms with van der Waals surface area (Å²) >= 11 is 1.28. The Morgan fingerprint density at radius 1 is 1.17 bits per heavy atom. The van der Waals surface area contributed by atoms with Crippen LogP contribution in [-0.4, -0.2) is 32.1 Å². The number of carbonyl (C=O) groups is 1. The van der Waals surface area contributed by atoms with Gasteiger partial charge in [0.2, 0.25) is 0 Å². The number of nitrogens with zero attached hydrogens (tertiary/aromatic N) is 5. The van der Waals surface area contributed by atoms with Crippen LogP contribution in [0.3, 0.4) is 0 Å². The van der Waals surface area contributed by atoms with E-state index in [1.807, 2.05) is 60.7 Å². The number of ether oxygens (including phenoxy) is 1. The second kappa shape index (κ2) is 9.84. The summed E-state index contributed by atoms with van der Waals surface area (Å²) in [4.78, 5) is 31.9. The maximum absolute atomic E-state index is 13.8. The van der Waals surface area contributed by atoms with Gasteiger partial charge in [0.25, 0.3) is 5.56 Å². The summed E-state index contributed by atoms with van der Waals surface area (Å²) in [6.45, 7) is 4.03. The van der Waals surface area contributed by atoms with Crippen molar-refractivity contribution in [1.82, 2.24) is 19.6 Å². The zero-order chi connectivity index (χ0) is 25.2. The maximum Gasteiger partial charge on any atom is 0.338 e. The molecule has 36 heavy (non-hydrogen) atoms. The van der Waals surface area contributed by atoms with Gasteiger partial charge in [-0.05, 0) is 31.6 Å². The fourth-order valence-electron chi connectivity index (χ4n) is 4.21. The smallest absolute Gasteiger partial charge is 0.338 e. The van der Waals surface area contributed by atoms with E-state index in [-0.39, 0.29) is 18.7 Å². The van der Waals surface area contributed by atoms with Gasteiger partial charge in [0, 0.05) is 12.1 Å². The van der Waals surface area contributed by atoms with Gasteiger partial charge in [-0.25, -0.2) is 14.5 Å². The molecule has 1 aliphatic heterocycles. The number of rotatable bonds is 6. The number of esters is 1. The zero-order valence-corrected chi connectivity index (χ0v) is 20.6. The van der Waals surface area contributed by atoms with Crippen molar-refractivity contribution < 1.29 is 9.53 Å². The summed E-state index contributed by atoms with van der Waals surface area (Å²) in [5.41, 5.74) is 9.36. The highest BCUT2D eigenvalue weighted by molar-refractivity contribution is 7.07. The highest BCUT2D eigenvalue weighted by Gasteiger charge is 2.33. The number of thiazole rings is 1. The second-order valence-electron chi connectivity index (χ2n) is 8.13. The molecular weight excluding hydrogens is 476 g/mol. The lowest BCUT2D eigenvalue weighted by atomic mass is 9.96. The lowest BCUT2D eigenvalue weighted by Crippen LogP contribution is -2.39. The first kappa shape index (κ1) is 23.6. The summed E-state index contributed by atoms with van der Waals surface area (Å²) < 4.78 is 9.04. The van der Waals surface area contributed by atoms with Crippen LogP contribution in [0.1, 0.15) is 36.7 Å². The fourth-order valence-corrected chi connectivity index (χ4v) is 5.25. The van der Waals surface area contributed by atoms with Crippen molar-refractivity contribution in [2.75, 3.05) is 6.61 Å². The van der Waals surface area contributed by atoms with Crippen LogP contribution in [-0.2, 0) is 16.1 Å². The van der Waals surface area contributed by atoms with Gasteiger partial charge in [-0.1, -0.05) is 65.1 Å². The lowest BCUT2D eigenvalue weighted by molar-refractivity contribution is -0.139. The number of fused-ring (bicyclic) bond motifs is 1. The molecule has 9 nitrogen and oxygen atoms in total. The van der Waals surface area contributed by atoms with Gasteiger partial charge in [-0.3, -0.25) is 9.36 Å². The quantitative estimate of drug-likeness (QED) is 0.404. The summed E-state index contributed by atoms with van der Waals surface area (Å²) in [7, 11) is 0. The van der Waals surface area contributed by atoms with Crippen LogP contribution < -0.4 is 20.6 Å². The monoisotopic (exact) mass is 500 g/mol. The lowest BCUT2D eigenvalue weighted by Gasteiger charge is -2.24. The Morgan fingerprint density at radius 3 is 2.64 bits per heavy atom. The zero-order valence-electron chi connectivity index (χ0n) is 19.8. The number of benzene rings is 2. The van der Waals surface area contributed by atoms with E-state index < -0.39 is 12.0 Å². The number of carbonyl (C=O) groups excluding carboxylic acids is 1. The first-order valence-corrected chi connectivity index (χ1v) is 12.3. The van der Waals surface area contributed by atoms with Gasteiger partial charge in [-0.2, -0.15) is 0 Å². The third-order valence-electron chi connectivity index (χ3n) is 5.85. The van der Waals surface area contributed by atoms with Crippen LogP contribution in [0.4, 0.5) is 0 Å². The van der Waals surface area contributed by atoms with Crippen molar-refractivity contribution >= 4 is 23.4 Å². The van der Waals surface area contributed by atoms with E-state index in [2.05, 4.69) is 15.3 Å². The minimum absolute atomic E-state index is 0.229. The van der Waals surface area contributed by atoms with Crippen molar-refractivity contribution in [3.8, 4) is 5.69 Å². The second-order valence-corrected chi connectivity index (χ2v) is 9.14. The van der Waals surface area contributed by atoms with Gasteiger partial charge >= 0.3 is 5.97 Å². The molecule has 182 valence electrons. The Bertz CT molecular complexity index is 1650. The Hall–Kier alpha value is -4.15. The average Bonchev–Trinajstić information content (AvgIpc) is 3.49. The maximum atomic E-state index is 13.8. The Labute approximate surface area is 210 Å². The summed E-state index contributed by atoms with van der Waals surface area (Å²) in [6, 6.07) is 16.4. The summed E-state index contributed by atoms with van der Waals surface area (Å²) in [5, 5.41) is 8.23. The first-order chi connectivity index (χ1) is 17.5. The third-order valence-corrected chi connectivity index (χ3v) is 6.84. The van der Waals surface area contributed by atoms with E-state index in [4.69, 9.17) is 10.5 Å². The Morgan fingerprint density at radius 2 is 1.92 bits per heavy atom. The van der Waals surface area contributed by atoms with Gasteiger partial charge in [0.15, 0.2) is 4.80 Å². The molecule has 3 heterocycles. The molecule has 0 saturated carbocycles. The molecule has 1 unspecified atom stereocenters. The van der Waals surface area contributed by atoms with Gasteiger partial charge < -0.3 is 10.5 Å². The van der Waals surface area contributed by atoms with Gasteiger partial charge in [0.05, 0.1) is 46.0 Å². The molecule has 1 aliphatic rings. The molecule has 0 bridgehead atoms. The molecule has 0 fully saturated rings. The Kier molecular flexibility index (Phi) is 6.45. The minimum Gasteiger partial charge on any atom is -0.463 e. The SMILES string of the molecule is CCOC(=O)C1=C(C)N=c2s/c(=C\c3ccccc3-n3cc(CN)nn3)c(=O)n2C1c1ccccc1. The fraction of sp³-hybridized carbons (Fsp3) is 0.192. The van der Waals surface area contributed by atoms with Crippen molar-refractivity contribution in [2.24, 2.45) is 10.7 Å². The average molecular weight is 501 g/mol. The molecule has 0 amide bonds. The van der Waals surface area contributed by atoms with Crippen molar-refractivity contribution in [3.05, 3.63) is 109 Å². The number of hydrogen-bond donors (Lipinski definition) is 1. The third kappa shape index (κ3) is 4.21. The van der Waals surface area contributed by atoms with E-state index in [0.29, 0.717) is 26.3 Å². The molecule has 2 aromatic heterocycles. The van der Waals surface area contributed by atoms with Crippen LogP contribution in [0, 0.1) is 0 Å². The number of para-hydroxylation sites is 1. The van der Waals surface area contributed by atoms with E-state index in [1.54, 1.807) is 29.3 Å². The molecule has 5 rings (SSSR count). The van der Waals surface area contributed by atoms with Crippen LogP contribution in [0.25, 0.3) is 11.8 Å². The summed E-state index contributed by atoms with van der Waals surface area (Å²) in [6.07, 6.45) is 3.58. The van der Waals surface area contributed by atoms with E-state index in [9.17, 15) is 9.59 Å². The predicted octanol–water partition coefficient (Wildman–Crippen LogP) is 1.84. The van der Waals surface area contributed by atoms with Crippen molar-refractivity contribution in [3.63, 3.8) is 0 Å². The number of allylic oxidation sites excluding steroid dienone is 1. The van der Waals surface area contributed by atoms with E-state index in [0.717, 1.165) is 16.8 Å². The molecule has 2 aromatic carbocycles. The number of aromatic nitrogens is 4. The molecule has 1 atom stereocenters. The normalized spacial score (nSPS) is 15.5. The van der Waals surface area contributed by atoms with Crippen LogP contribution in [0.2, 0.25) is 0 Å². The van der Waals surface area contributed by atoms with Crippen LogP contribution in [0.15, 0.2) is 81.9 Å². The van der Waals surface area contributed by atoms with Crippen molar-refractivity contribution in [2.45, 2.75) is 26.4 Å². The largest absolute Gasteiger partial charge is 0.463 e. The van der Waals surface area contributed by atoms with Crippen LogP contribution in [0.5, 0.6) is 0 Å². The van der Waals surface area contributed by atoms with E-state index in [1.165, 1.54) is 11.3 Å². The van der Waals surface area contributed by atoms with Crippen molar-refractivity contribution in [1.29, 1.82) is 0 Å². The molecule has 2 N–H and O–H groups in total. The highest BCUT2D eigenvalue weighted by Crippen LogP contribution is 2.30. The molecule has 0 saturated heterocycles. The molecule has 4 aromatic rings. The number of nitrogens with two attached hydrogens (primary N) is 1. The van der Waals surface area contributed by atoms with E-state index >= 15 is 0 Å². The molecular formula is C26H24N6O3S. The molecule has 0 radical (unpaired) electrons. The van der Waals surface area contributed by atoms with Crippen LogP contribution >= 0.6 is 11.3 Å². The Balaban J connectivity index is 1.70.